The highest BCUT2D eigenvalue weighted by Gasteiger charge is 2.07. The normalized spacial score (nSPS) is 15.1. The van der Waals surface area contributed by atoms with Gasteiger partial charge in [-0.1, -0.05) is 61.0 Å². The molecule has 2 unspecified atom stereocenters. The fourth-order valence-electron chi connectivity index (χ4n) is 1.71. The van der Waals surface area contributed by atoms with Crippen molar-refractivity contribution in [3.63, 3.8) is 0 Å². The molecule has 1 heteroatoms. The minimum absolute atomic E-state index is 0.600. The van der Waals surface area contributed by atoms with Crippen LogP contribution in [-0.4, -0.2) is 4.83 Å². The van der Waals surface area contributed by atoms with E-state index in [9.17, 15) is 0 Å². The molecule has 0 amide bonds. The second-order valence-electron chi connectivity index (χ2n) is 4.01. The first-order chi connectivity index (χ1) is 6.63. The number of aryl methyl sites for hydroxylation is 1. The van der Waals surface area contributed by atoms with Crippen molar-refractivity contribution in [1.82, 2.24) is 0 Å². The maximum absolute atomic E-state index is 3.60. The maximum atomic E-state index is 3.60. The summed E-state index contributed by atoms with van der Waals surface area (Å²) < 4.78 is 0. The van der Waals surface area contributed by atoms with Crippen molar-refractivity contribution in [2.45, 2.75) is 44.4 Å². The number of hydrogen-bond donors (Lipinski definition) is 0. The fraction of sp³-hybridized carbons (Fsp3) is 0.538. The lowest BCUT2D eigenvalue weighted by Crippen LogP contribution is -2.00. The first-order valence-corrected chi connectivity index (χ1v) is 6.28. The van der Waals surface area contributed by atoms with Crippen LogP contribution < -0.4 is 0 Å². The van der Waals surface area contributed by atoms with E-state index in [1.807, 2.05) is 0 Å². The van der Waals surface area contributed by atoms with Crippen molar-refractivity contribution >= 4 is 15.9 Å². The zero-order valence-electron chi connectivity index (χ0n) is 9.26. The zero-order chi connectivity index (χ0) is 10.6. The second kappa shape index (κ2) is 5.55. The van der Waals surface area contributed by atoms with Gasteiger partial charge in [0.15, 0.2) is 0 Å². The van der Waals surface area contributed by atoms with Gasteiger partial charge in [-0.3, -0.25) is 0 Å². The molecule has 1 aromatic carbocycles. The summed E-state index contributed by atoms with van der Waals surface area (Å²) in [7, 11) is 0. The summed E-state index contributed by atoms with van der Waals surface area (Å²) in [6.07, 6.45) is 2.33. The molecule has 0 radical (unpaired) electrons. The predicted octanol–water partition coefficient (Wildman–Crippen LogP) is 4.53. The van der Waals surface area contributed by atoms with Crippen molar-refractivity contribution in [2.75, 3.05) is 0 Å². The van der Waals surface area contributed by atoms with Gasteiger partial charge in [0.25, 0.3) is 0 Å². The van der Waals surface area contributed by atoms with Crippen LogP contribution in [0.5, 0.6) is 0 Å². The number of rotatable bonds is 4. The van der Waals surface area contributed by atoms with Gasteiger partial charge in [-0.2, -0.15) is 0 Å². The Morgan fingerprint density at radius 3 is 2.14 bits per heavy atom. The van der Waals surface area contributed by atoms with Gasteiger partial charge >= 0.3 is 0 Å². The Balaban J connectivity index is 2.66. The molecule has 0 spiro atoms. The lowest BCUT2D eigenvalue weighted by molar-refractivity contribution is 0.681. The van der Waals surface area contributed by atoms with Gasteiger partial charge in [-0.05, 0) is 29.9 Å². The highest BCUT2D eigenvalue weighted by atomic mass is 79.9. The molecular formula is C13H19Br. The molecule has 0 aliphatic heterocycles. The summed E-state index contributed by atoms with van der Waals surface area (Å²) in [6, 6.07) is 9.01. The number of alkyl halides is 1. The van der Waals surface area contributed by atoms with Gasteiger partial charge in [0.2, 0.25) is 0 Å². The molecule has 0 nitrogen and oxygen atoms in total. The molecule has 0 N–H and O–H groups in total. The van der Waals surface area contributed by atoms with Crippen molar-refractivity contribution in [3.8, 4) is 0 Å². The molecule has 0 aliphatic carbocycles. The monoisotopic (exact) mass is 254 g/mol. The van der Waals surface area contributed by atoms with Crippen LogP contribution >= 0.6 is 15.9 Å². The molecule has 1 rings (SSSR count). The van der Waals surface area contributed by atoms with Crippen LogP contribution in [0.1, 0.15) is 44.2 Å². The smallest absolute Gasteiger partial charge is 0.0123 e. The van der Waals surface area contributed by atoms with Crippen LogP contribution in [0.15, 0.2) is 24.3 Å². The van der Waals surface area contributed by atoms with Crippen LogP contribution in [0.3, 0.4) is 0 Å². The van der Waals surface area contributed by atoms with Crippen LogP contribution in [0.25, 0.3) is 0 Å². The Kier molecular flexibility index (Phi) is 4.67. The third-order valence-corrected chi connectivity index (χ3v) is 3.01. The topological polar surface area (TPSA) is 0 Å². The van der Waals surface area contributed by atoms with Gasteiger partial charge in [-0.15, -0.1) is 0 Å². The van der Waals surface area contributed by atoms with E-state index in [1.54, 1.807) is 0 Å². The molecule has 0 heterocycles. The first-order valence-electron chi connectivity index (χ1n) is 5.36. The third-order valence-electron chi connectivity index (χ3n) is 2.64. The van der Waals surface area contributed by atoms with E-state index in [1.165, 1.54) is 17.5 Å². The summed E-state index contributed by atoms with van der Waals surface area (Å²) in [4.78, 5) is 0.600. The first kappa shape index (κ1) is 11.8. The minimum atomic E-state index is 0.600. The summed E-state index contributed by atoms with van der Waals surface area (Å²) in [5.74, 6) is 0.648. The Labute approximate surface area is 95.9 Å². The molecule has 0 bridgehead atoms. The highest BCUT2D eigenvalue weighted by molar-refractivity contribution is 9.09. The Morgan fingerprint density at radius 1 is 1.14 bits per heavy atom. The lowest BCUT2D eigenvalue weighted by atomic mass is 9.95. The van der Waals surface area contributed by atoms with E-state index in [0.717, 1.165) is 6.42 Å². The zero-order valence-corrected chi connectivity index (χ0v) is 10.8. The van der Waals surface area contributed by atoms with Crippen LogP contribution in [0.4, 0.5) is 0 Å². The molecule has 0 saturated heterocycles. The largest absolute Gasteiger partial charge is 0.0893 e. The quantitative estimate of drug-likeness (QED) is 0.693. The summed E-state index contributed by atoms with van der Waals surface area (Å²) in [5.41, 5.74) is 2.88. The molecule has 78 valence electrons. The van der Waals surface area contributed by atoms with E-state index in [4.69, 9.17) is 0 Å². The fourth-order valence-corrected chi connectivity index (χ4v) is 2.27. The average molecular weight is 255 g/mol. The molecule has 0 fully saturated rings. The maximum Gasteiger partial charge on any atom is 0.0123 e. The Hall–Kier alpha value is -0.300. The average Bonchev–Trinajstić information content (AvgIpc) is 2.17. The molecule has 0 aromatic heterocycles. The van der Waals surface area contributed by atoms with Crippen molar-refractivity contribution in [1.29, 1.82) is 0 Å². The third kappa shape index (κ3) is 3.45. The van der Waals surface area contributed by atoms with E-state index < -0.39 is 0 Å². The standard InChI is InChI=1S/C13H19Br/c1-4-12-5-7-13(8-6-12)10(2)9-11(3)14/h5-8,10-11H,4,9H2,1-3H3. The molecule has 0 aliphatic rings. The summed E-state index contributed by atoms with van der Waals surface area (Å²) in [5, 5.41) is 0. The molecule has 14 heavy (non-hydrogen) atoms. The van der Waals surface area contributed by atoms with Gasteiger partial charge in [-0.25, -0.2) is 0 Å². The van der Waals surface area contributed by atoms with Gasteiger partial charge in [0.1, 0.15) is 0 Å². The van der Waals surface area contributed by atoms with Gasteiger partial charge < -0.3 is 0 Å². The number of halogens is 1. The predicted molar refractivity (Wildman–Crippen MR) is 67.2 cm³/mol. The van der Waals surface area contributed by atoms with E-state index in [0.29, 0.717) is 10.7 Å². The lowest BCUT2D eigenvalue weighted by Gasteiger charge is -2.13. The molecule has 2 atom stereocenters. The Morgan fingerprint density at radius 2 is 1.71 bits per heavy atom. The Bertz CT molecular complexity index is 261. The number of hydrogen-bond acceptors (Lipinski definition) is 0. The van der Waals surface area contributed by atoms with E-state index in [-0.39, 0.29) is 0 Å². The van der Waals surface area contributed by atoms with Gasteiger partial charge in [0.05, 0.1) is 0 Å². The van der Waals surface area contributed by atoms with Crippen LogP contribution in [0.2, 0.25) is 0 Å². The van der Waals surface area contributed by atoms with E-state index in [2.05, 4.69) is 61.0 Å². The molecule has 1 aromatic rings. The van der Waals surface area contributed by atoms with Crippen molar-refractivity contribution in [2.24, 2.45) is 0 Å². The van der Waals surface area contributed by atoms with E-state index >= 15 is 0 Å². The van der Waals surface area contributed by atoms with Crippen molar-refractivity contribution < 1.29 is 0 Å². The molecular weight excluding hydrogens is 236 g/mol. The summed E-state index contributed by atoms with van der Waals surface area (Å²) >= 11 is 3.60. The second-order valence-corrected chi connectivity index (χ2v) is 5.58. The van der Waals surface area contributed by atoms with Crippen LogP contribution in [0, 0.1) is 0 Å². The van der Waals surface area contributed by atoms with Crippen LogP contribution in [-0.2, 0) is 6.42 Å². The van der Waals surface area contributed by atoms with Crippen molar-refractivity contribution in [3.05, 3.63) is 35.4 Å². The SMILES string of the molecule is CCc1ccc(C(C)CC(C)Br)cc1. The number of benzene rings is 1. The molecule has 0 saturated carbocycles. The summed E-state index contributed by atoms with van der Waals surface area (Å²) in [6.45, 7) is 6.69. The highest BCUT2D eigenvalue weighted by Crippen LogP contribution is 2.23. The van der Waals surface area contributed by atoms with Gasteiger partial charge in [0, 0.05) is 4.83 Å². The minimum Gasteiger partial charge on any atom is -0.0893 e.